The Labute approximate surface area is 380 Å². The third-order valence-electron chi connectivity index (χ3n) is 12.4. The van der Waals surface area contributed by atoms with E-state index in [1.165, 1.54) is 48.5 Å². The fourth-order valence-electron chi connectivity index (χ4n) is 8.98. The summed E-state index contributed by atoms with van der Waals surface area (Å²) >= 11 is 0. The highest BCUT2D eigenvalue weighted by Crippen LogP contribution is 2.41. The molecule has 67 heavy (non-hydrogen) atoms. The SMILES string of the molecule is C[C@H](Oc1cc(-c2nn(C)c3c(-c4cnn(C5CCN(C(=O)Cc6cccc7c6C(=O)N(C6CCC(=O)NC6O)C7=O)CC5)c4)cnc(N)c23)ccc1NS(=O)(=O)C(F)F)c1ccc(F)cc1. The zero-order chi connectivity index (χ0) is 47.5. The molecule has 0 radical (unpaired) electrons. The quantitative estimate of drug-likeness (QED) is 0.120. The van der Waals surface area contributed by atoms with E-state index in [1.807, 2.05) is 15.6 Å². The summed E-state index contributed by atoms with van der Waals surface area (Å²) in [6.45, 7) is 2.43. The number of aliphatic hydroxyl groups is 1. The molecule has 2 fully saturated rings. The van der Waals surface area contributed by atoms with Crippen molar-refractivity contribution in [2.45, 2.75) is 69.2 Å². The number of aromatic nitrogens is 5. The predicted molar refractivity (Wildman–Crippen MR) is 236 cm³/mol. The summed E-state index contributed by atoms with van der Waals surface area (Å²) in [6, 6.07) is 13.4. The van der Waals surface area contributed by atoms with Crippen LogP contribution in [0.2, 0.25) is 0 Å². The molecule has 5 N–H and O–H groups in total. The van der Waals surface area contributed by atoms with Crippen LogP contribution in [0.1, 0.15) is 76.6 Å². The van der Waals surface area contributed by atoms with Crippen LogP contribution < -0.4 is 20.5 Å². The Balaban J connectivity index is 0.920. The maximum Gasteiger partial charge on any atom is 0.355 e. The number of ether oxygens (including phenoxy) is 1. The van der Waals surface area contributed by atoms with Gasteiger partial charge in [-0.3, -0.25) is 38.2 Å². The van der Waals surface area contributed by atoms with Gasteiger partial charge in [-0.15, -0.1) is 0 Å². The highest BCUT2D eigenvalue weighted by molar-refractivity contribution is 7.93. The second kappa shape index (κ2) is 17.5. The van der Waals surface area contributed by atoms with Gasteiger partial charge in [0.05, 0.1) is 52.4 Å². The van der Waals surface area contributed by atoms with Crippen LogP contribution in [0.4, 0.5) is 24.7 Å². The van der Waals surface area contributed by atoms with Gasteiger partial charge in [0.1, 0.15) is 35.4 Å². The molecule has 3 atom stereocenters. The summed E-state index contributed by atoms with van der Waals surface area (Å²) in [7, 11) is -3.38. The Kier molecular flexibility index (Phi) is 11.7. The van der Waals surface area contributed by atoms with Gasteiger partial charge in [0.15, 0.2) is 0 Å². The van der Waals surface area contributed by atoms with Crippen LogP contribution >= 0.6 is 0 Å². The lowest BCUT2D eigenvalue weighted by atomic mass is 9.98. The molecule has 18 nitrogen and oxygen atoms in total. The first-order valence-corrected chi connectivity index (χ1v) is 22.8. The average Bonchev–Trinajstić information content (AvgIpc) is 4.00. The molecule has 0 saturated carbocycles. The van der Waals surface area contributed by atoms with Crippen molar-refractivity contribution < 1.29 is 50.6 Å². The minimum atomic E-state index is -5.09. The van der Waals surface area contributed by atoms with Gasteiger partial charge in [0, 0.05) is 55.6 Å². The molecule has 6 heterocycles. The van der Waals surface area contributed by atoms with Crippen molar-refractivity contribution >= 4 is 56.1 Å². The number of nitrogens with zero attached hydrogens (tertiary/aromatic N) is 7. The summed E-state index contributed by atoms with van der Waals surface area (Å²) < 4.78 is 76.6. The number of sulfonamides is 1. The maximum atomic E-state index is 13.7. The van der Waals surface area contributed by atoms with Crippen molar-refractivity contribution in [3.8, 4) is 28.1 Å². The standard InChI is InChI=1S/C45H43F3N10O8S/c1-23(24-6-9-28(46)10-7-24)66-34-18-26(8-11-32(34)54-67(64,65)45(47)48)39-38-40(55(2)53-39)31(21-50-41(38)49)27-20-51-57(22-27)29-14-16-56(17-15-29)36(60)19-25-4-3-5-30-37(25)44(63)58(43(30)62)33-12-13-35(59)52-42(33)61/h3-11,18,20-23,29,33,42,45,54,61H,12-17,19H2,1-2H3,(H2,49,50)(H,52,59)/t23-,33?,42?/m0/s1. The summed E-state index contributed by atoms with van der Waals surface area (Å²) in [5.74, 6) is -5.97. The van der Waals surface area contributed by atoms with Gasteiger partial charge in [0.2, 0.25) is 11.8 Å². The molecule has 3 aliphatic rings. The average molecular weight is 941 g/mol. The van der Waals surface area contributed by atoms with E-state index >= 15 is 0 Å². The maximum absolute atomic E-state index is 13.7. The minimum Gasteiger partial charge on any atom is -0.484 e. The smallest absolute Gasteiger partial charge is 0.355 e. The summed E-state index contributed by atoms with van der Waals surface area (Å²) in [4.78, 5) is 59.6. The number of fused-ring (bicyclic) bond motifs is 2. The normalized spacial score (nSPS) is 18.4. The number of pyridine rings is 1. The number of hydrogen-bond acceptors (Lipinski definition) is 12. The Morgan fingerprint density at radius 3 is 2.46 bits per heavy atom. The van der Waals surface area contributed by atoms with Gasteiger partial charge in [-0.1, -0.05) is 30.3 Å². The van der Waals surface area contributed by atoms with Crippen LogP contribution in [-0.4, -0.2) is 103 Å². The van der Waals surface area contributed by atoms with Crippen molar-refractivity contribution in [2.24, 2.45) is 7.05 Å². The van der Waals surface area contributed by atoms with Crippen LogP contribution in [0.25, 0.3) is 33.3 Å². The van der Waals surface area contributed by atoms with E-state index in [9.17, 15) is 45.9 Å². The zero-order valence-corrected chi connectivity index (χ0v) is 36.7. The van der Waals surface area contributed by atoms with E-state index in [2.05, 4.69) is 15.4 Å². The number of carbonyl (C=O) groups is 4. The second-order valence-electron chi connectivity index (χ2n) is 16.6. The fraction of sp³-hybridized carbons (Fsp3) is 0.311. The number of benzene rings is 3. The number of anilines is 2. The molecule has 6 aromatic rings. The van der Waals surface area contributed by atoms with Crippen LogP contribution in [-0.2, 0) is 33.1 Å². The monoisotopic (exact) mass is 940 g/mol. The van der Waals surface area contributed by atoms with Crippen LogP contribution in [0, 0.1) is 5.82 Å². The van der Waals surface area contributed by atoms with Crippen molar-refractivity contribution in [1.82, 2.24) is 39.7 Å². The van der Waals surface area contributed by atoms with Crippen molar-refractivity contribution in [3.05, 3.63) is 107 Å². The number of likely N-dealkylation sites (tertiary alicyclic amines) is 1. The lowest BCUT2D eigenvalue weighted by Crippen LogP contribution is -2.57. The third kappa shape index (κ3) is 8.41. The van der Waals surface area contributed by atoms with Gasteiger partial charge in [-0.2, -0.15) is 19.0 Å². The molecule has 3 aromatic heterocycles. The first kappa shape index (κ1) is 44.9. The predicted octanol–water partition coefficient (Wildman–Crippen LogP) is 4.92. The minimum absolute atomic E-state index is 0.0507. The number of alkyl halides is 2. The van der Waals surface area contributed by atoms with Crippen LogP contribution in [0.3, 0.4) is 0 Å². The molecule has 3 aromatic carbocycles. The molecule has 0 spiro atoms. The number of halogens is 3. The van der Waals surface area contributed by atoms with E-state index < -0.39 is 51.8 Å². The number of rotatable bonds is 12. The zero-order valence-electron chi connectivity index (χ0n) is 35.9. The Hall–Kier alpha value is -7.33. The lowest BCUT2D eigenvalue weighted by Gasteiger charge is -2.34. The summed E-state index contributed by atoms with van der Waals surface area (Å²) in [6.07, 6.45) is 4.16. The van der Waals surface area contributed by atoms with Crippen LogP contribution in [0.5, 0.6) is 5.75 Å². The van der Waals surface area contributed by atoms with Crippen molar-refractivity contribution in [2.75, 3.05) is 23.5 Å². The summed E-state index contributed by atoms with van der Waals surface area (Å²) in [5.41, 5.74) is 10.1. The van der Waals surface area contributed by atoms with E-state index in [0.717, 1.165) is 4.90 Å². The van der Waals surface area contributed by atoms with Crippen molar-refractivity contribution in [3.63, 3.8) is 0 Å². The molecular formula is C45H43F3N10O8S. The molecular weight excluding hydrogens is 898 g/mol. The number of piperidine rings is 2. The number of nitrogen functional groups attached to an aromatic ring is 1. The first-order chi connectivity index (χ1) is 32.0. The molecule has 4 amide bonds. The molecule has 0 bridgehead atoms. The number of aliphatic hydroxyl groups excluding tert-OH is 1. The van der Waals surface area contributed by atoms with Gasteiger partial charge in [0.25, 0.3) is 21.8 Å². The number of nitrogens with one attached hydrogen (secondary N) is 2. The van der Waals surface area contributed by atoms with Crippen LogP contribution in [0.15, 0.2) is 79.3 Å². The highest BCUT2D eigenvalue weighted by Gasteiger charge is 2.45. The molecule has 9 rings (SSSR count). The fourth-order valence-corrected chi connectivity index (χ4v) is 9.55. The number of hydrogen-bond donors (Lipinski definition) is 4. The number of carbonyl (C=O) groups excluding carboxylic acids is 4. The molecule has 0 aliphatic carbocycles. The van der Waals surface area contributed by atoms with Gasteiger partial charge in [-0.05, 0) is 67.6 Å². The largest absolute Gasteiger partial charge is 0.484 e. The number of nitrogens with two attached hydrogens (primary N) is 1. The Bertz CT molecular complexity index is 3080. The Morgan fingerprint density at radius 1 is 1.00 bits per heavy atom. The number of aryl methyl sites for hydroxylation is 1. The number of imide groups is 1. The highest BCUT2D eigenvalue weighted by atomic mass is 32.2. The van der Waals surface area contributed by atoms with E-state index in [0.29, 0.717) is 70.3 Å². The van der Waals surface area contributed by atoms with E-state index in [-0.39, 0.29) is 65.5 Å². The van der Waals surface area contributed by atoms with Crippen molar-refractivity contribution in [1.29, 1.82) is 0 Å². The van der Waals surface area contributed by atoms with Gasteiger partial charge >= 0.3 is 5.76 Å². The van der Waals surface area contributed by atoms with Gasteiger partial charge in [-0.25, -0.2) is 17.8 Å². The molecule has 22 heteroatoms. The molecule has 3 aliphatic heterocycles. The molecule has 2 saturated heterocycles. The third-order valence-corrected chi connectivity index (χ3v) is 13.4. The summed E-state index contributed by atoms with van der Waals surface area (Å²) in [5, 5.41) is 22.7. The van der Waals surface area contributed by atoms with E-state index in [1.54, 1.807) is 48.1 Å². The second-order valence-corrected chi connectivity index (χ2v) is 18.3. The Morgan fingerprint density at radius 2 is 1.75 bits per heavy atom. The van der Waals surface area contributed by atoms with Gasteiger partial charge < -0.3 is 25.8 Å². The number of amides is 4. The molecule has 2 unspecified atom stereocenters. The molecule has 348 valence electrons. The van der Waals surface area contributed by atoms with E-state index in [4.69, 9.17) is 15.6 Å². The topological polar surface area (TPSA) is 237 Å². The first-order valence-electron chi connectivity index (χ1n) is 21.3. The lowest BCUT2D eigenvalue weighted by molar-refractivity contribution is -0.132.